The number of thioether (sulfide) groups is 1. The highest BCUT2D eigenvalue weighted by molar-refractivity contribution is 7.98. The van der Waals surface area contributed by atoms with Crippen molar-refractivity contribution in [1.82, 2.24) is 14.9 Å². The number of benzene rings is 2. The Balaban J connectivity index is 1.70. The second-order valence-corrected chi connectivity index (χ2v) is 6.99. The molecular weight excluding hydrogens is 372 g/mol. The summed E-state index contributed by atoms with van der Waals surface area (Å²) in [5.74, 6) is 2.26. The van der Waals surface area contributed by atoms with E-state index >= 15 is 0 Å². The van der Waals surface area contributed by atoms with E-state index in [9.17, 15) is 0 Å². The monoisotopic (exact) mass is 396 g/mol. The summed E-state index contributed by atoms with van der Waals surface area (Å²) in [5.41, 5.74) is 3.40. The van der Waals surface area contributed by atoms with Crippen LogP contribution in [-0.4, -0.2) is 34.3 Å². The maximum absolute atomic E-state index is 5.66. The van der Waals surface area contributed by atoms with Crippen LogP contribution in [0.2, 0.25) is 0 Å². The molecule has 0 radical (unpaired) electrons. The molecule has 3 aromatic rings. The van der Waals surface area contributed by atoms with Gasteiger partial charge in [-0.05, 0) is 50.1 Å². The summed E-state index contributed by atoms with van der Waals surface area (Å²) in [7, 11) is 0. The van der Waals surface area contributed by atoms with Crippen LogP contribution in [0.25, 0.3) is 0 Å². The molecule has 1 heterocycles. The number of rotatable bonds is 9. The fourth-order valence-corrected chi connectivity index (χ4v) is 3.32. The van der Waals surface area contributed by atoms with Gasteiger partial charge in [-0.3, -0.25) is 0 Å². The molecule has 0 aliphatic rings. The normalized spacial score (nSPS) is 11.1. The summed E-state index contributed by atoms with van der Waals surface area (Å²) in [6.07, 6.45) is 3.36. The fraction of sp³-hybridized carbons (Fsp3) is 0.286. The van der Waals surface area contributed by atoms with Gasteiger partial charge in [0.05, 0.1) is 19.4 Å². The molecule has 0 spiro atoms. The third kappa shape index (κ3) is 5.36. The number of ether oxygens (including phenoxy) is 2. The molecule has 3 rings (SSSR count). The summed E-state index contributed by atoms with van der Waals surface area (Å²) in [4.78, 5) is 0. The Morgan fingerprint density at radius 2 is 1.79 bits per heavy atom. The van der Waals surface area contributed by atoms with Crippen LogP contribution in [0.15, 0.2) is 59.0 Å². The van der Waals surface area contributed by atoms with E-state index in [0.717, 1.165) is 22.2 Å². The molecule has 146 valence electrons. The van der Waals surface area contributed by atoms with E-state index < -0.39 is 0 Å². The van der Waals surface area contributed by atoms with Crippen LogP contribution >= 0.6 is 11.8 Å². The van der Waals surface area contributed by atoms with Gasteiger partial charge in [0.2, 0.25) is 5.16 Å². The molecule has 0 fully saturated rings. The Kier molecular flexibility index (Phi) is 7.08. The van der Waals surface area contributed by atoms with Gasteiger partial charge in [-0.25, -0.2) is 0 Å². The number of nitrogens with zero attached hydrogens (tertiary/aromatic N) is 4. The van der Waals surface area contributed by atoms with Crippen LogP contribution in [0, 0.1) is 6.92 Å². The molecule has 0 N–H and O–H groups in total. The molecule has 2 aromatic carbocycles. The summed E-state index contributed by atoms with van der Waals surface area (Å²) < 4.78 is 12.9. The number of hydrogen-bond donors (Lipinski definition) is 0. The van der Waals surface area contributed by atoms with E-state index in [-0.39, 0.29) is 0 Å². The molecule has 7 heteroatoms. The molecule has 0 aliphatic carbocycles. The van der Waals surface area contributed by atoms with Gasteiger partial charge in [0.25, 0.3) is 0 Å². The smallest absolute Gasteiger partial charge is 0.212 e. The standard InChI is InChI=1S/C21H24N4O2S/c1-4-26-19-11-10-18(12-20(19)27-5-2)13-23-25-15-22-24-21(25)28-14-17-8-6-16(3)7-9-17/h6-13,15H,4-5,14H2,1-3H3. The maximum atomic E-state index is 5.66. The van der Waals surface area contributed by atoms with E-state index in [1.807, 2.05) is 32.0 Å². The SMILES string of the molecule is CCOc1ccc(C=Nn2cnnc2SCc2ccc(C)cc2)cc1OCC. The Hall–Kier alpha value is -2.80. The topological polar surface area (TPSA) is 61.5 Å². The molecular formula is C21H24N4O2S. The lowest BCUT2D eigenvalue weighted by atomic mass is 10.2. The number of aryl methyl sites for hydroxylation is 1. The van der Waals surface area contributed by atoms with E-state index in [2.05, 4.69) is 46.5 Å². The van der Waals surface area contributed by atoms with Gasteiger partial charge < -0.3 is 9.47 Å². The zero-order chi connectivity index (χ0) is 19.8. The second kappa shape index (κ2) is 9.94. The van der Waals surface area contributed by atoms with Gasteiger partial charge in [-0.1, -0.05) is 41.6 Å². The van der Waals surface area contributed by atoms with Crippen molar-refractivity contribution >= 4 is 18.0 Å². The van der Waals surface area contributed by atoms with Crippen molar-refractivity contribution in [3.63, 3.8) is 0 Å². The summed E-state index contributed by atoms with van der Waals surface area (Å²) in [5, 5.41) is 13.4. The average Bonchev–Trinajstić information content (AvgIpc) is 3.15. The molecule has 6 nitrogen and oxygen atoms in total. The quantitative estimate of drug-likeness (QED) is 0.392. The number of hydrogen-bond acceptors (Lipinski definition) is 6. The Morgan fingerprint density at radius 3 is 2.54 bits per heavy atom. The molecule has 1 aromatic heterocycles. The zero-order valence-electron chi connectivity index (χ0n) is 16.3. The van der Waals surface area contributed by atoms with E-state index in [4.69, 9.17) is 9.47 Å². The van der Waals surface area contributed by atoms with Crippen molar-refractivity contribution in [2.75, 3.05) is 13.2 Å². The summed E-state index contributed by atoms with van der Waals surface area (Å²) >= 11 is 1.60. The van der Waals surface area contributed by atoms with Crippen LogP contribution in [0.3, 0.4) is 0 Å². The molecule has 0 atom stereocenters. The minimum absolute atomic E-state index is 0.575. The lowest BCUT2D eigenvalue weighted by Gasteiger charge is -2.11. The van der Waals surface area contributed by atoms with Crippen LogP contribution in [-0.2, 0) is 5.75 Å². The lowest BCUT2D eigenvalue weighted by Crippen LogP contribution is -1.99. The van der Waals surface area contributed by atoms with Crippen LogP contribution in [0.1, 0.15) is 30.5 Å². The van der Waals surface area contributed by atoms with Crippen molar-refractivity contribution in [3.8, 4) is 11.5 Å². The van der Waals surface area contributed by atoms with Gasteiger partial charge in [0.1, 0.15) is 6.33 Å². The van der Waals surface area contributed by atoms with Crippen molar-refractivity contribution in [3.05, 3.63) is 65.5 Å². The predicted octanol–water partition coefficient (Wildman–Crippen LogP) is 4.56. The zero-order valence-corrected chi connectivity index (χ0v) is 17.1. The maximum Gasteiger partial charge on any atom is 0.212 e. The number of aromatic nitrogens is 3. The summed E-state index contributed by atoms with van der Waals surface area (Å²) in [6, 6.07) is 14.2. The molecule has 0 saturated carbocycles. The highest BCUT2D eigenvalue weighted by Crippen LogP contribution is 2.28. The Labute approximate surface area is 169 Å². The molecule has 0 bridgehead atoms. The largest absolute Gasteiger partial charge is 0.490 e. The summed E-state index contributed by atoms with van der Waals surface area (Å²) in [6.45, 7) is 7.15. The molecule has 0 saturated heterocycles. The van der Waals surface area contributed by atoms with Gasteiger partial charge >= 0.3 is 0 Å². The molecule has 0 unspecified atom stereocenters. The Bertz CT molecular complexity index is 922. The van der Waals surface area contributed by atoms with E-state index in [0.29, 0.717) is 19.0 Å². The Morgan fingerprint density at radius 1 is 1.04 bits per heavy atom. The van der Waals surface area contributed by atoms with Gasteiger partial charge in [-0.15, -0.1) is 10.2 Å². The van der Waals surface area contributed by atoms with E-state index in [1.54, 1.807) is 29.0 Å². The first-order chi connectivity index (χ1) is 13.7. The third-order valence-electron chi connectivity index (χ3n) is 3.89. The molecule has 0 aliphatic heterocycles. The second-order valence-electron chi connectivity index (χ2n) is 6.05. The molecule has 0 amide bonds. The minimum atomic E-state index is 0.575. The van der Waals surface area contributed by atoms with Gasteiger partial charge in [0, 0.05) is 5.75 Å². The van der Waals surface area contributed by atoms with Crippen LogP contribution in [0.5, 0.6) is 11.5 Å². The third-order valence-corrected chi connectivity index (χ3v) is 4.89. The average molecular weight is 397 g/mol. The first-order valence-corrected chi connectivity index (χ1v) is 10.2. The minimum Gasteiger partial charge on any atom is -0.490 e. The van der Waals surface area contributed by atoms with Crippen molar-refractivity contribution in [2.24, 2.45) is 5.10 Å². The van der Waals surface area contributed by atoms with Gasteiger partial charge in [0.15, 0.2) is 11.5 Å². The van der Waals surface area contributed by atoms with E-state index in [1.165, 1.54) is 11.1 Å². The predicted molar refractivity (Wildman–Crippen MR) is 113 cm³/mol. The van der Waals surface area contributed by atoms with Crippen molar-refractivity contribution in [1.29, 1.82) is 0 Å². The first kappa shape index (κ1) is 19.9. The molecule has 28 heavy (non-hydrogen) atoms. The van der Waals surface area contributed by atoms with Crippen molar-refractivity contribution in [2.45, 2.75) is 31.7 Å². The highest BCUT2D eigenvalue weighted by Gasteiger charge is 2.07. The first-order valence-electron chi connectivity index (χ1n) is 9.22. The van der Waals surface area contributed by atoms with Crippen molar-refractivity contribution < 1.29 is 9.47 Å². The van der Waals surface area contributed by atoms with Crippen LogP contribution < -0.4 is 9.47 Å². The van der Waals surface area contributed by atoms with Gasteiger partial charge in [-0.2, -0.15) is 9.78 Å². The lowest BCUT2D eigenvalue weighted by molar-refractivity contribution is 0.288. The highest BCUT2D eigenvalue weighted by atomic mass is 32.2. The van der Waals surface area contributed by atoms with Crippen LogP contribution in [0.4, 0.5) is 0 Å². The fourth-order valence-electron chi connectivity index (χ4n) is 2.50.